The molecule has 30 heavy (non-hydrogen) atoms. The van der Waals surface area contributed by atoms with E-state index in [1.54, 1.807) is 6.26 Å². The van der Waals surface area contributed by atoms with E-state index >= 15 is 0 Å². The first-order valence-corrected chi connectivity index (χ1v) is 10.9. The largest absolute Gasteiger partial charge is 0.462 e. The molecule has 3 heterocycles. The fraction of sp³-hybridized carbons (Fsp3) is 0.458. The summed E-state index contributed by atoms with van der Waals surface area (Å²) in [6, 6.07) is 7.63. The van der Waals surface area contributed by atoms with Crippen LogP contribution in [0.25, 0.3) is 0 Å². The van der Waals surface area contributed by atoms with Crippen molar-refractivity contribution in [3.05, 3.63) is 65.6 Å². The van der Waals surface area contributed by atoms with Crippen molar-refractivity contribution < 1.29 is 9.53 Å². The summed E-state index contributed by atoms with van der Waals surface area (Å²) in [4.78, 5) is 26.3. The number of carbonyl (C=O) groups excluding carboxylic acids is 1. The molecule has 2 aliphatic heterocycles. The van der Waals surface area contributed by atoms with Crippen LogP contribution in [0.4, 0.5) is 0 Å². The van der Waals surface area contributed by atoms with Gasteiger partial charge in [-0.25, -0.2) is 9.97 Å². The van der Waals surface area contributed by atoms with Gasteiger partial charge in [0, 0.05) is 31.4 Å². The minimum atomic E-state index is 0.0270. The van der Waals surface area contributed by atoms with Crippen LogP contribution in [0.3, 0.4) is 0 Å². The molecule has 158 valence electrons. The van der Waals surface area contributed by atoms with E-state index in [1.165, 1.54) is 6.42 Å². The van der Waals surface area contributed by atoms with E-state index in [0.29, 0.717) is 23.8 Å². The van der Waals surface area contributed by atoms with Crippen LogP contribution in [0.15, 0.2) is 48.6 Å². The predicted octanol–water partition coefficient (Wildman–Crippen LogP) is 4.14. The predicted molar refractivity (Wildman–Crippen MR) is 116 cm³/mol. The molecule has 1 aromatic carbocycles. The number of hydrogen-bond donors (Lipinski definition) is 0. The molecule has 1 atom stereocenters. The van der Waals surface area contributed by atoms with Crippen LogP contribution in [0.2, 0.25) is 0 Å². The van der Waals surface area contributed by atoms with Crippen LogP contribution in [-0.2, 0) is 0 Å². The quantitative estimate of drug-likeness (QED) is 0.675. The van der Waals surface area contributed by atoms with Crippen molar-refractivity contribution in [1.82, 2.24) is 19.8 Å². The van der Waals surface area contributed by atoms with E-state index in [-0.39, 0.29) is 5.91 Å². The highest BCUT2D eigenvalue weighted by Gasteiger charge is 2.25. The third-order valence-electron chi connectivity index (χ3n) is 5.96. The lowest BCUT2D eigenvalue weighted by atomic mass is 9.97. The number of amides is 1. The summed E-state index contributed by atoms with van der Waals surface area (Å²) >= 11 is 0. The molecule has 1 unspecified atom stereocenters. The van der Waals surface area contributed by atoms with Crippen molar-refractivity contribution in [3.8, 4) is 5.75 Å². The molecule has 6 heteroatoms. The van der Waals surface area contributed by atoms with E-state index < -0.39 is 0 Å². The number of rotatable bonds is 6. The monoisotopic (exact) mass is 406 g/mol. The van der Waals surface area contributed by atoms with Gasteiger partial charge in [0.2, 0.25) is 0 Å². The van der Waals surface area contributed by atoms with Crippen molar-refractivity contribution in [3.63, 3.8) is 0 Å². The van der Waals surface area contributed by atoms with Crippen LogP contribution in [-0.4, -0.2) is 51.9 Å². The second kappa shape index (κ2) is 9.39. The minimum Gasteiger partial charge on any atom is -0.462 e. The third-order valence-corrected chi connectivity index (χ3v) is 5.96. The maximum atomic E-state index is 13.1. The van der Waals surface area contributed by atoms with Gasteiger partial charge in [0.1, 0.15) is 17.8 Å². The van der Waals surface area contributed by atoms with Crippen LogP contribution < -0.4 is 4.74 Å². The first-order valence-electron chi connectivity index (χ1n) is 10.9. The molecule has 2 aromatic rings. The Morgan fingerprint density at radius 3 is 2.77 bits per heavy atom. The summed E-state index contributed by atoms with van der Waals surface area (Å²) in [6.07, 6.45) is 9.71. The number of piperidine rings is 1. The number of aromatic nitrogens is 2. The van der Waals surface area contributed by atoms with Gasteiger partial charge in [-0.05, 0) is 70.8 Å². The van der Waals surface area contributed by atoms with Gasteiger partial charge in [-0.15, -0.1) is 0 Å². The standard InChI is InChI=1S/C24H30N4O2/c1-18-8-9-22-21(15-18)24(29)28(19(2)17-30-22)14-4-3-12-27-13-5-7-20(16-27)23-25-10-6-11-26-23/h6,8-11,15,17,20H,3-5,7,12-14,16H2,1-2H3. The molecule has 0 spiro atoms. The molecule has 2 aliphatic rings. The molecule has 0 saturated carbocycles. The Labute approximate surface area is 178 Å². The molecule has 0 bridgehead atoms. The van der Waals surface area contributed by atoms with E-state index in [1.807, 2.05) is 55.4 Å². The molecule has 1 amide bonds. The van der Waals surface area contributed by atoms with Gasteiger partial charge in [0.05, 0.1) is 11.3 Å². The molecule has 4 rings (SSSR count). The fourth-order valence-electron chi connectivity index (χ4n) is 4.31. The lowest BCUT2D eigenvalue weighted by Gasteiger charge is -2.32. The van der Waals surface area contributed by atoms with Crippen molar-refractivity contribution in [2.24, 2.45) is 0 Å². The third kappa shape index (κ3) is 4.70. The molecule has 0 N–H and O–H groups in total. The highest BCUT2D eigenvalue weighted by atomic mass is 16.5. The number of aryl methyl sites for hydroxylation is 1. The lowest BCUT2D eigenvalue weighted by Crippen LogP contribution is -2.36. The van der Waals surface area contributed by atoms with Crippen molar-refractivity contribution >= 4 is 5.91 Å². The Hall–Kier alpha value is -2.73. The van der Waals surface area contributed by atoms with Gasteiger partial charge < -0.3 is 14.5 Å². The van der Waals surface area contributed by atoms with Crippen LogP contribution in [0, 0.1) is 6.92 Å². The number of benzene rings is 1. The molecule has 1 fully saturated rings. The van der Waals surface area contributed by atoms with Gasteiger partial charge in [-0.3, -0.25) is 4.79 Å². The molecule has 0 radical (unpaired) electrons. The lowest BCUT2D eigenvalue weighted by molar-refractivity contribution is 0.0803. The van der Waals surface area contributed by atoms with Gasteiger partial charge in [-0.1, -0.05) is 11.6 Å². The number of hydrogen-bond acceptors (Lipinski definition) is 5. The minimum absolute atomic E-state index is 0.0270. The number of likely N-dealkylation sites (tertiary alicyclic amines) is 1. The first-order chi connectivity index (χ1) is 14.6. The van der Waals surface area contributed by atoms with E-state index in [0.717, 1.165) is 56.0 Å². The Bertz CT molecular complexity index is 913. The highest BCUT2D eigenvalue weighted by molar-refractivity contribution is 5.98. The van der Waals surface area contributed by atoms with Gasteiger partial charge in [0.25, 0.3) is 5.91 Å². The van der Waals surface area contributed by atoms with E-state index in [2.05, 4.69) is 14.9 Å². The second-order valence-corrected chi connectivity index (χ2v) is 8.29. The number of ether oxygens (including phenoxy) is 1. The van der Waals surface area contributed by atoms with Gasteiger partial charge in [-0.2, -0.15) is 0 Å². The van der Waals surface area contributed by atoms with Gasteiger partial charge >= 0.3 is 0 Å². The molecule has 1 aromatic heterocycles. The average molecular weight is 407 g/mol. The van der Waals surface area contributed by atoms with Crippen molar-refractivity contribution in [2.75, 3.05) is 26.2 Å². The molecular formula is C24H30N4O2. The zero-order valence-electron chi connectivity index (χ0n) is 17.9. The average Bonchev–Trinajstić information content (AvgIpc) is 2.89. The number of unbranched alkanes of at least 4 members (excludes halogenated alkanes) is 1. The maximum absolute atomic E-state index is 13.1. The molecule has 0 aliphatic carbocycles. The summed E-state index contributed by atoms with van der Waals surface area (Å²) in [7, 11) is 0. The Balaban J connectivity index is 1.30. The second-order valence-electron chi connectivity index (χ2n) is 8.29. The van der Waals surface area contributed by atoms with Gasteiger partial charge in [0.15, 0.2) is 0 Å². The molecule has 6 nitrogen and oxygen atoms in total. The maximum Gasteiger partial charge on any atom is 0.261 e. The Morgan fingerprint density at radius 2 is 1.93 bits per heavy atom. The molecular weight excluding hydrogens is 376 g/mol. The van der Waals surface area contributed by atoms with E-state index in [9.17, 15) is 4.79 Å². The number of allylic oxidation sites excluding steroid dienone is 1. The summed E-state index contributed by atoms with van der Waals surface area (Å²) in [5.74, 6) is 2.05. The Kier molecular flexibility index (Phi) is 6.43. The van der Waals surface area contributed by atoms with Crippen LogP contribution in [0.5, 0.6) is 5.75 Å². The van der Waals surface area contributed by atoms with E-state index in [4.69, 9.17) is 4.74 Å². The van der Waals surface area contributed by atoms with Crippen LogP contribution in [0.1, 0.15) is 60.3 Å². The highest BCUT2D eigenvalue weighted by Crippen LogP contribution is 2.27. The Morgan fingerprint density at radius 1 is 1.13 bits per heavy atom. The zero-order valence-corrected chi connectivity index (χ0v) is 17.9. The first kappa shape index (κ1) is 20.5. The summed E-state index contributed by atoms with van der Waals surface area (Å²) < 4.78 is 5.73. The zero-order chi connectivity index (χ0) is 20.9. The normalized spacial score (nSPS) is 19.7. The SMILES string of the molecule is CC1=COc2ccc(C)cc2C(=O)N1CCCCN1CCCC(c2ncccn2)C1. The van der Waals surface area contributed by atoms with Crippen LogP contribution >= 0.6 is 0 Å². The topological polar surface area (TPSA) is 58.6 Å². The molecule has 1 saturated heterocycles. The number of carbonyl (C=O) groups is 1. The summed E-state index contributed by atoms with van der Waals surface area (Å²) in [5.41, 5.74) is 2.56. The smallest absolute Gasteiger partial charge is 0.261 e. The van der Waals surface area contributed by atoms with Crippen molar-refractivity contribution in [2.45, 2.75) is 45.4 Å². The summed E-state index contributed by atoms with van der Waals surface area (Å²) in [5, 5.41) is 0. The fourth-order valence-corrected chi connectivity index (χ4v) is 4.31. The van der Waals surface area contributed by atoms with Crippen molar-refractivity contribution in [1.29, 1.82) is 0 Å². The number of nitrogens with zero attached hydrogens (tertiary/aromatic N) is 4. The summed E-state index contributed by atoms with van der Waals surface area (Å²) in [6.45, 7) is 7.83. The number of fused-ring (bicyclic) bond motifs is 1.